The van der Waals surface area contributed by atoms with Gasteiger partial charge in [-0.25, -0.2) is 0 Å². The van der Waals surface area contributed by atoms with Crippen LogP contribution in [-0.4, -0.2) is 51.5 Å². The fourth-order valence-corrected chi connectivity index (χ4v) is 5.41. The quantitative estimate of drug-likeness (QED) is 0.425. The van der Waals surface area contributed by atoms with Crippen LogP contribution in [0.15, 0.2) is 64.9 Å². The number of thiophene rings is 1. The van der Waals surface area contributed by atoms with Crippen LogP contribution in [0.2, 0.25) is 0 Å². The molecule has 0 radical (unpaired) electrons. The minimum Gasteiger partial charge on any atom is -0.310 e. The van der Waals surface area contributed by atoms with Gasteiger partial charge in [-0.05, 0) is 48.5 Å². The van der Waals surface area contributed by atoms with Crippen molar-refractivity contribution in [3.8, 4) is 0 Å². The molecule has 5 nitrogen and oxygen atoms in total. The minimum atomic E-state index is 0.129. The maximum atomic E-state index is 12.9. The Balaban J connectivity index is 1.13. The van der Waals surface area contributed by atoms with E-state index in [1.807, 2.05) is 27.3 Å². The van der Waals surface area contributed by atoms with E-state index < -0.39 is 0 Å². The van der Waals surface area contributed by atoms with Crippen LogP contribution < -0.4 is 5.56 Å². The molecule has 4 aromatic rings. The number of aryl methyl sites for hydroxylation is 1. The molecule has 0 amide bonds. The number of benzene rings is 1. The van der Waals surface area contributed by atoms with Crippen LogP contribution in [0.1, 0.15) is 18.4 Å². The average Bonchev–Trinajstić information content (AvgIpc) is 3.45. The van der Waals surface area contributed by atoms with Gasteiger partial charge in [-0.2, -0.15) is 0 Å². The van der Waals surface area contributed by atoms with Crippen molar-refractivity contribution in [2.75, 3.05) is 32.7 Å². The van der Waals surface area contributed by atoms with Crippen molar-refractivity contribution in [1.82, 2.24) is 18.8 Å². The Morgan fingerprint density at radius 1 is 0.800 bits per heavy atom. The van der Waals surface area contributed by atoms with E-state index in [-0.39, 0.29) is 5.56 Å². The third kappa shape index (κ3) is 3.95. The summed E-state index contributed by atoms with van der Waals surface area (Å²) in [6.07, 6.45) is 4.14. The van der Waals surface area contributed by atoms with Crippen LogP contribution in [0.5, 0.6) is 0 Å². The molecule has 1 aromatic carbocycles. The Kier molecular flexibility index (Phi) is 5.71. The Bertz CT molecular complexity index is 1170. The molecule has 1 fully saturated rings. The van der Waals surface area contributed by atoms with E-state index in [9.17, 15) is 4.79 Å². The maximum absolute atomic E-state index is 12.9. The van der Waals surface area contributed by atoms with E-state index in [2.05, 4.69) is 51.6 Å². The average molecular weight is 421 g/mol. The monoisotopic (exact) mass is 420 g/mol. The molecular weight excluding hydrogens is 392 g/mol. The summed E-state index contributed by atoms with van der Waals surface area (Å²) in [5.74, 6) is 0. The molecule has 5 rings (SSSR count). The van der Waals surface area contributed by atoms with Crippen LogP contribution in [0.25, 0.3) is 15.9 Å². The summed E-state index contributed by atoms with van der Waals surface area (Å²) >= 11 is 1.66. The van der Waals surface area contributed by atoms with E-state index in [4.69, 9.17) is 0 Å². The molecule has 3 aromatic heterocycles. The first kappa shape index (κ1) is 19.5. The van der Waals surface area contributed by atoms with E-state index in [1.165, 1.54) is 5.56 Å². The summed E-state index contributed by atoms with van der Waals surface area (Å²) in [5.41, 5.74) is 3.44. The highest BCUT2D eigenvalue weighted by molar-refractivity contribution is 7.16. The Hall–Kier alpha value is -2.41. The molecule has 0 spiro atoms. The Morgan fingerprint density at radius 3 is 2.40 bits per heavy atom. The summed E-state index contributed by atoms with van der Waals surface area (Å²) in [4.78, 5) is 19.1. The summed E-state index contributed by atoms with van der Waals surface area (Å²) in [6, 6.07) is 16.7. The maximum Gasteiger partial charge on any atom is 0.275 e. The van der Waals surface area contributed by atoms with Crippen LogP contribution in [0.3, 0.4) is 0 Å². The van der Waals surface area contributed by atoms with Crippen molar-refractivity contribution in [3.63, 3.8) is 0 Å². The zero-order chi connectivity index (χ0) is 20.3. The fourth-order valence-electron chi connectivity index (χ4n) is 4.50. The second-order valence-corrected chi connectivity index (χ2v) is 9.04. The van der Waals surface area contributed by atoms with Crippen LogP contribution in [0, 0.1) is 0 Å². The number of unbranched alkanes of at least 4 members (excludes halogenated alkanes) is 1. The van der Waals surface area contributed by atoms with E-state index in [1.54, 1.807) is 11.3 Å². The molecule has 0 atom stereocenters. The topological polar surface area (TPSA) is 32.9 Å². The summed E-state index contributed by atoms with van der Waals surface area (Å²) < 4.78 is 3.99. The molecule has 4 heterocycles. The van der Waals surface area contributed by atoms with Gasteiger partial charge in [-0.1, -0.05) is 30.3 Å². The molecule has 1 aliphatic heterocycles. The van der Waals surface area contributed by atoms with E-state index in [0.29, 0.717) is 0 Å². The van der Waals surface area contributed by atoms with Gasteiger partial charge in [0.2, 0.25) is 0 Å². The second-order valence-electron chi connectivity index (χ2n) is 8.14. The molecule has 30 heavy (non-hydrogen) atoms. The SMILES string of the molecule is O=c1c2cccn2c2ccsc2n1CCCCN1CCN(Cc2ccccc2)CC1. The van der Waals surface area contributed by atoms with Crippen molar-refractivity contribution in [2.45, 2.75) is 25.9 Å². The van der Waals surface area contributed by atoms with E-state index >= 15 is 0 Å². The van der Waals surface area contributed by atoms with Gasteiger partial charge < -0.3 is 9.30 Å². The molecule has 0 saturated carbocycles. The fraction of sp³-hybridized carbons (Fsp3) is 0.375. The molecule has 6 heteroatoms. The summed E-state index contributed by atoms with van der Waals surface area (Å²) in [7, 11) is 0. The molecule has 0 aliphatic carbocycles. The van der Waals surface area contributed by atoms with Gasteiger partial charge in [0.05, 0.1) is 5.52 Å². The lowest BCUT2D eigenvalue weighted by atomic mass is 10.2. The predicted octanol–water partition coefficient (Wildman–Crippen LogP) is 3.91. The highest BCUT2D eigenvalue weighted by atomic mass is 32.1. The zero-order valence-electron chi connectivity index (χ0n) is 17.2. The molecule has 1 saturated heterocycles. The molecule has 0 unspecified atom stereocenters. The van der Waals surface area contributed by atoms with Crippen LogP contribution in [0.4, 0.5) is 0 Å². The van der Waals surface area contributed by atoms with Gasteiger partial charge >= 0.3 is 0 Å². The van der Waals surface area contributed by atoms with Gasteiger partial charge in [0.25, 0.3) is 5.56 Å². The number of piperazine rings is 1. The highest BCUT2D eigenvalue weighted by Gasteiger charge is 2.17. The lowest BCUT2D eigenvalue weighted by Crippen LogP contribution is -2.46. The molecular formula is C24H28N4OS. The largest absolute Gasteiger partial charge is 0.310 e. The van der Waals surface area contributed by atoms with Gasteiger partial charge in [0.1, 0.15) is 10.3 Å². The molecule has 0 N–H and O–H groups in total. The predicted molar refractivity (Wildman–Crippen MR) is 124 cm³/mol. The van der Waals surface area contributed by atoms with Crippen molar-refractivity contribution in [2.24, 2.45) is 0 Å². The van der Waals surface area contributed by atoms with Crippen molar-refractivity contribution in [3.05, 3.63) is 76.0 Å². The summed E-state index contributed by atoms with van der Waals surface area (Å²) in [5, 5.41) is 2.08. The highest BCUT2D eigenvalue weighted by Crippen LogP contribution is 2.21. The van der Waals surface area contributed by atoms with Gasteiger partial charge in [-0.3, -0.25) is 14.3 Å². The number of rotatable bonds is 7. The Labute approximate surface area is 180 Å². The van der Waals surface area contributed by atoms with Gasteiger partial charge in [0.15, 0.2) is 0 Å². The van der Waals surface area contributed by atoms with Gasteiger partial charge in [0, 0.05) is 45.5 Å². The number of fused-ring (bicyclic) bond motifs is 3. The lowest BCUT2D eigenvalue weighted by Gasteiger charge is -2.34. The second kappa shape index (κ2) is 8.76. The standard InChI is InChI=1S/C24H28N4OS/c29-23-21-9-6-13-27(21)22-10-18-30-24(22)28(23)12-5-4-11-25-14-16-26(17-15-25)19-20-7-2-1-3-8-20/h1-3,6-10,13,18H,4-5,11-12,14-17,19H2. The minimum absolute atomic E-state index is 0.129. The van der Waals surface area contributed by atoms with E-state index in [0.717, 1.165) is 74.5 Å². The first-order valence-electron chi connectivity index (χ1n) is 10.9. The first-order valence-corrected chi connectivity index (χ1v) is 11.7. The summed E-state index contributed by atoms with van der Waals surface area (Å²) in [6.45, 7) is 7.51. The Morgan fingerprint density at radius 2 is 1.57 bits per heavy atom. The normalized spacial score (nSPS) is 16.0. The lowest BCUT2D eigenvalue weighted by molar-refractivity contribution is 0.125. The van der Waals surface area contributed by atoms with Crippen molar-refractivity contribution in [1.29, 1.82) is 0 Å². The van der Waals surface area contributed by atoms with Crippen LogP contribution in [-0.2, 0) is 13.1 Å². The van der Waals surface area contributed by atoms with Gasteiger partial charge in [-0.15, -0.1) is 11.3 Å². The third-order valence-corrected chi connectivity index (χ3v) is 7.09. The van der Waals surface area contributed by atoms with Crippen molar-refractivity contribution >= 4 is 27.2 Å². The number of aromatic nitrogens is 2. The van der Waals surface area contributed by atoms with Crippen LogP contribution >= 0.6 is 11.3 Å². The number of hydrogen-bond acceptors (Lipinski definition) is 4. The number of nitrogens with zero attached hydrogens (tertiary/aromatic N) is 4. The number of hydrogen-bond donors (Lipinski definition) is 0. The van der Waals surface area contributed by atoms with Crippen molar-refractivity contribution < 1.29 is 0 Å². The smallest absolute Gasteiger partial charge is 0.275 e. The zero-order valence-corrected chi connectivity index (χ0v) is 18.1. The third-order valence-electron chi connectivity index (χ3n) is 6.16. The molecule has 0 bridgehead atoms. The first-order chi connectivity index (χ1) is 14.8. The molecule has 1 aliphatic rings. The molecule has 156 valence electrons.